The predicted molar refractivity (Wildman–Crippen MR) is 108 cm³/mol. The molecule has 0 atom stereocenters. The lowest BCUT2D eigenvalue weighted by Gasteiger charge is -2.13. The highest BCUT2D eigenvalue weighted by Gasteiger charge is 2.24. The molecule has 2 aromatic carbocycles. The van der Waals surface area contributed by atoms with E-state index in [1.54, 1.807) is 16.7 Å². The highest BCUT2D eigenvalue weighted by Crippen LogP contribution is 2.43. The largest absolute Gasteiger partial charge is 0.489 e. The Balaban J connectivity index is 2.31. The quantitative estimate of drug-likeness (QED) is 0.599. The first-order chi connectivity index (χ1) is 12.4. The molecule has 0 aliphatic rings. The van der Waals surface area contributed by atoms with Gasteiger partial charge in [0.2, 0.25) is 5.91 Å². The molecule has 0 aliphatic heterocycles. The molecule has 0 fully saturated rings. The predicted octanol–water partition coefficient (Wildman–Crippen LogP) is 5.22. The maximum atomic E-state index is 12.5. The van der Waals surface area contributed by atoms with Crippen molar-refractivity contribution < 1.29 is 9.53 Å². The molecular formula is C20H20Cl2N2O2. The monoisotopic (exact) mass is 390 g/mol. The van der Waals surface area contributed by atoms with Crippen LogP contribution in [0.5, 0.6) is 5.75 Å². The SMILES string of the molecule is CC(=O)n1c(-c2ccccc2)c(OCCN(C)C)c2cc(Cl)cc(Cl)c21. The number of carbonyl (C=O) groups excluding carboxylic acids is 1. The zero-order valence-corrected chi connectivity index (χ0v) is 16.4. The summed E-state index contributed by atoms with van der Waals surface area (Å²) in [6.45, 7) is 2.74. The van der Waals surface area contributed by atoms with Gasteiger partial charge in [-0.1, -0.05) is 53.5 Å². The normalized spacial score (nSPS) is 11.3. The van der Waals surface area contributed by atoms with Crippen LogP contribution in [0.25, 0.3) is 22.2 Å². The van der Waals surface area contributed by atoms with Gasteiger partial charge in [-0.2, -0.15) is 0 Å². The van der Waals surface area contributed by atoms with Crippen LogP contribution in [0.4, 0.5) is 0 Å². The third-order valence-corrected chi connectivity index (χ3v) is 4.59. The van der Waals surface area contributed by atoms with Gasteiger partial charge < -0.3 is 9.64 Å². The number of carbonyl (C=O) groups is 1. The van der Waals surface area contributed by atoms with Crippen molar-refractivity contribution in [1.29, 1.82) is 0 Å². The lowest BCUT2D eigenvalue weighted by molar-refractivity contribution is 0.0943. The van der Waals surface area contributed by atoms with E-state index in [-0.39, 0.29) is 5.91 Å². The summed E-state index contributed by atoms with van der Waals surface area (Å²) in [5.41, 5.74) is 2.18. The summed E-state index contributed by atoms with van der Waals surface area (Å²) < 4.78 is 7.73. The van der Waals surface area contributed by atoms with Crippen LogP contribution in [0.15, 0.2) is 42.5 Å². The topological polar surface area (TPSA) is 34.5 Å². The molecule has 0 N–H and O–H groups in total. The number of nitrogens with zero attached hydrogens (tertiary/aromatic N) is 2. The molecule has 136 valence electrons. The molecule has 1 aromatic heterocycles. The lowest BCUT2D eigenvalue weighted by atomic mass is 10.1. The van der Waals surface area contributed by atoms with E-state index in [4.69, 9.17) is 27.9 Å². The molecule has 6 heteroatoms. The summed E-state index contributed by atoms with van der Waals surface area (Å²) in [5.74, 6) is 0.480. The van der Waals surface area contributed by atoms with Crippen LogP contribution in [0.1, 0.15) is 11.7 Å². The summed E-state index contributed by atoms with van der Waals surface area (Å²) in [6, 6.07) is 13.1. The second-order valence-electron chi connectivity index (χ2n) is 6.33. The Kier molecular flexibility index (Phi) is 5.56. The molecule has 0 bridgehead atoms. The van der Waals surface area contributed by atoms with Crippen LogP contribution in [0, 0.1) is 0 Å². The molecule has 0 saturated heterocycles. The molecule has 0 unspecified atom stereocenters. The molecule has 3 rings (SSSR count). The fourth-order valence-corrected chi connectivity index (χ4v) is 3.53. The fourth-order valence-electron chi connectivity index (χ4n) is 2.95. The Morgan fingerprint density at radius 1 is 1.15 bits per heavy atom. The van der Waals surface area contributed by atoms with Crippen LogP contribution in [0.2, 0.25) is 10.0 Å². The second-order valence-corrected chi connectivity index (χ2v) is 7.18. The Bertz CT molecular complexity index is 950. The smallest absolute Gasteiger partial charge is 0.228 e. The molecular weight excluding hydrogens is 371 g/mol. The Morgan fingerprint density at radius 2 is 1.85 bits per heavy atom. The number of aromatic nitrogens is 1. The van der Waals surface area contributed by atoms with Gasteiger partial charge in [-0.05, 0) is 26.2 Å². The molecule has 26 heavy (non-hydrogen) atoms. The third-order valence-electron chi connectivity index (χ3n) is 4.08. The van der Waals surface area contributed by atoms with Crippen LogP contribution in [-0.4, -0.2) is 42.6 Å². The highest BCUT2D eigenvalue weighted by atomic mass is 35.5. The molecule has 0 spiro atoms. The Labute approximate surface area is 162 Å². The van der Waals surface area contributed by atoms with Crippen molar-refractivity contribution in [3.8, 4) is 17.0 Å². The number of ether oxygens (including phenoxy) is 1. The van der Waals surface area contributed by atoms with Gasteiger partial charge in [-0.3, -0.25) is 9.36 Å². The molecule has 0 aliphatic carbocycles. The van der Waals surface area contributed by atoms with Crippen LogP contribution < -0.4 is 4.74 Å². The van der Waals surface area contributed by atoms with E-state index in [0.717, 1.165) is 17.5 Å². The minimum atomic E-state index is -0.138. The van der Waals surface area contributed by atoms with E-state index in [1.807, 2.05) is 49.3 Å². The maximum Gasteiger partial charge on any atom is 0.228 e. The van der Waals surface area contributed by atoms with Gasteiger partial charge in [0, 0.05) is 29.4 Å². The minimum absolute atomic E-state index is 0.138. The standard InChI is InChI=1S/C20H20Cl2N2O2/c1-13(25)24-18(14-7-5-4-6-8-14)20(26-10-9-23(2)3)16-11-15(21)12-17(22)19(16)24/h4-8,11-12H,9-10H2,1-3H3. The van der Waals surface area contributed by atoms with Crippen LogP contribution >= 0.6 is 23.2 Å². The van der Waals surface area contributed by atoms with Crippen LogP contribution in [-0.2, 0) is 0 Å². The van der Waals surface area contributed by atoms with Gasteiger partial charge in [0.15, 0.2) is 5.75 Å². The van der Waals surface area contributed by atoms with Gasteiger partial charge in [0.1, 0.15) is 6.61 Å². The van der Waals surface area contributed by atoms with Gasteiger partial charge in [-0.15, -0.1) is 0 Å². The molecule has 1 heterocycles. The van der Waals surface area contributed by atoms with Gasteiger partial charge in [0.05, 0.1) is 16.2 Å². The van der Waals surface area contributed by atoms with Crippen molar-refractivity contribution in [3.63, 3.8) is 0 Å². The number of fused-ring (bicyclic) bond motifs is 1. The maximum absolute atomic E-state index is 12.5. The number of hydrogen-bond donors (Lipinski definition) is 0. The lowest BCUT2D eigenvalue weighted by Crippen LogP contribution is -2.19. The van der Waals surface area contributed by atoms with E-state index in [1.165, 1.54) is 6.92 Å². The highest BCUT2D eigenvalue weighted by molar-refractivity contribution is 6.39. The van der Waals surface area contributed by atoms with E-state index in [0.29, 0.717) is 33.6 Å². The summed E-state index contributed by atoms with van der Waals surface area (Å²) in [6.07, 6.45) is 0. The fraction of sp³-hybridized carbons (Fsp3) is 0.250. The molecule has 0 saturated carbocycles. The van der Waals surface area contributed by atoms with Crippen molar-refractivity contribution in [3.05, 3.63) is 52.5 Å². The zero-order valence-electron chi connectivity index (χ0n) is 14.9. The Morgan fingerprint density at radius 3 is 2.46 bits per heavy atom. The number of benzene rings is 2. The van der Waals surface area contributed by atoms with Gasteiger partial charge in [0.25, 0.3) is 0 Å². The molecule has 0 amide bonds. The van der Waals surface area contributed by atoms with E-state index in [9.17, 15) is 4.79 Å². The van der Waals surface area contributed by atoms with E-state index < -0.39 is 0 Å². The molecule has 0 radical (unpaired) electrons. The van der Waals surface area contributed by atoms with Crippen molar-refractivity contribution in [2.45, 2.75) is 6.92 Å². The zero-order chi connectivity index (χ0) is 18.8. The number of hydrogen-bond acceptors (Lipinski definition) is 3. The average molecular weight is 391 g/mol. The Hall–Kier alpha value is -2.01. The van der Waals surface area contributed by atoms with E-state index in [2.05, 4.69) is 0 Å². The number of likely N-dealkylation sites (N-methyl/N-ethyl adjacent to an activating group) is 1. The van der Waals surface area contributed by atoms with E-state index >= 15 is 0 Å². The first kappa shape index (κ1) is 18.8. The summed E-state index contributed by atoms with van der Waals surface area (Å²) in [5, 5.41) is 1.65. The van der Waals surface area contributed by atoms with Gasteiger partial charge >= 0.3 is 0 Å². The second kappa shape index (κ2) is 7.70. The minimum Gasteiger partial charge on any atom is -0.489 e. The van der Waals surface area contributed by atoms with Crippen molar-refractivity contribution in [1.82, 2.24) is 9.47 Å². The van der Waals surface area contributed by atoms with Crippen molar-refractivity contribution >= 4 is 40.0 Å². The average Bonchev–Trinajstić information content (AvgIpc) is 2.90. The summed E-state index contributed by atoms with van der Waals surface area (Å²) >= 11 is 12.7. The van der Waals surface area contributed by atoms with Crippen molar-refractivity contribution in [2.24, 2.45) is 0 Å². The third kappa shape index (κ3) is 3.58. The number of rotatable bonds is 5. The first-order valence-corrected chi connectivity index (χ1v) is 9.03. The molecule has 3 aromatic rings. The molecule has 4 nitrogen and oxygen atoms in total. The van der Waals surface area contributed by atoms with Crippen molar-refractivity contribution in [2.75, 3.05) is 27.2 Å². The van der Waals surface area contributed by atoms with Gasteiger partial charge in [-0.25, -0.2) is 0 Å². The summed E-state index contributed by atoms with van der Waals surface area (Å²) in [4.78, 5) is 14.5. The number of halogens is 2. The first-order valence-electron chi connectivity index (χ1n) is 8.27. The summed E-state index contributed by atoms with van der Waals surface area (Å²) in [7, 11) is 3.96. The van der Waals surface area contributed by atoms with Crippen LogP contribution in [0.3, 0.4) is 0 Å².